The highest BCUT2D eigenvalue weighted by molar-refractivity contribution is 6.74. The average Bonchev–Trinajstić information content (AvgIpc) is 2.09. The molecule has 0 aliphatic heterocycles. The van der Waals surface area contributed by atoms with Crippen LogP contribution in [0.4, 0.5) is 0 Å². The molecule has 0 aromatic heterocycles. The summed E-state index contributed by atoms with van der Waals surface area (Å²) in [5.74, 6) is 4.92. The van der Waals surface area contributed by atoms with Gasteiger partial charge in [0.15, 0.2) is 8.32 Å². The monoisotopic (exact) mass is 230 g/mol. The van der Waals surface area contributed by atoms with Gasteiger partial charge in [0.25, 0.3) is 0 Å². The minimum Gasteiger partial charge on any atom is -0.413 e. The number of rotatable bonds is 3. The Bertz CT molecular complexity index is 245. The molecule has 2 N–H and O–H groups in total. The first-order valence-corrected chi connectivity index (χ1v) is 8.03. The van der Waals surface area contributed by atoms with Gasteiger partial charge in [0.05, 0.1) is 6.61 Å². The number of hydrogen-bond donors (Lipinski definition) is 2. The van der Waals surface area contributed by atoms with Crippen molar-refractivity contribution in [1.82, 2.24) is 0 Å². The van der Waals surface area contributed by atoms with Crippen molar-refractivity contribution in [2.75, 3.05) is 13.2 Å². The summed E-state index contributed by atoms with van der Waals surface area (Å²) in [7, 11) is -1.80. The Morgan fingerprint density at radius 2 is 1.87 bits per heavy atom. The summed E-state index contributed by atoms with van der Waals surface area (Å²) >= 11 is 0. The fourth-order valence-corrected chi connectivity index (χ4v) is 1.72. The second-order valence-electron chi connectivity index (χ2n) is 5.07. The van der Waals surface area contributed by atoms with Crippen LogP contribution in [0.3, 0.4) is 0 Å². The van der Waals surface area contributed by atoms with Gasteiger partial charge < -0.3 is 14.6 Å². The predicted molar refractivity (Wildman–Crippen MR) is 64.0 cm³/mol. The van der Waals surface area contributed by atoms with Crippen molar-refractivity contribution in [1.29, 1.82) is 0 Å². The van der Waals surface area contributed by atoms with E-state index in [1.165, 1.54) is 0 Å². The Morgan fingerprint density at radius 1 is 1.33 bits per heavy atom. The molecule has 15 heavy (non-hydrogen) atoms. The van der Waals surface area contributed by atoms with Crippen molar-refractivity contribution < 1.29 is 14.6 Å². The van der Waals surface area contributed by atoms with E-state index in [1.807, 2.05) is 0 Å². The van der Waals surface area contributed by atoms with Crippen LogP contribution in [0.5, 0.6) is 0 Å². The van der Waals surface area contributed by atoms with Gasteiger partial charge in [-0.3, -0.25) is 0 Å². The van der Waals surface area contributed by atoms with Crippen molar-refractivity contribution in [3.05, 3.63) is 0 Å². The summed E-state index contributed by atoms with van der Waals surface area (Å²) in [4.78, 5) is 0. The molecule has 0 saturated heterocycles. The van der Waals surface area contributed by atoms with E-state index in [1.54, 1.807) is 0 Å². The molecule has 0 fully saturated rings. The van der Waals surface area contributed by atoms with E-state index in [2.05, 4.69) is 45.7 Å². The number of hydrogen-bond acceptors (Lipinski definition) is 3. The highest BCUT2D eigenvalue weighted by Crippen LogP contribution is 2.36. The van der Waals surface area contributed by atoms with Gasteiger partial charge in [0.2, 0.25) is 0 Å². The molecule has 0 radical (unpaired) electrons. The molecule has 0 spiro atoms. The standard InChI is InChI=1S/C11H22O3Si/c1-11(2,3)15(4,5)14-9-10(13)7-6-8-12/h10,12-13H,8-9H2,1-5H3. The second-order valence-corrected chi connectivity index (χ2v) is 9.88. The predicted octanol–water partition coefficient (Wildman–Crippen LogP) is 1.36. The first-order chi connectivity index (χ1) is 6.70. The summed E-state index contributed by atoms with van der Waals surface area (Å²) in [5.41, 5.74) is 0. The summed E-state index contributed by atoms with van der Waals surface area (Å²) in [5, 5.41) is 18.0. The van der Waals surface area contributed by atoms with E-state index >= 15 is 0 Å². The third-order valence-corrected chi connectivity index (χ3v) is 7.26. The smallest absolute Gasteiger partial charge is 0.192 e. The van der Waals surface area contributed by atoms with Gasteiger partial charge in [-0.05, 0) is 18.1 Å². The Kier molecular flexibility index (Phi) is 5.53. The maximum Gasteiger partial charge on any atom is 0.192 e. The van der Waals surface area contributed by atoms with Gasteiger partial charge in [0.1, 0.15) is 12.7 Å². The molecule has 4 heteroatoms. The van der Waals surface area contributed by atoms with Crippen LogP contribution in [0.2, 0.25) is 18.1 Å². The van der Waals surface area contributed by atoms with E-state index < -0.39 is 14.4 Å². The Labute approximate surface area is 93.6 Å². The van der Waals surface area contributed by atoms with E-state index in [4.69, 9.17) is 9.53 Å². The molecule has 0 rings (SSSR count). The summed E-state index contributed by atoms with van der Waals surface area (Å²) in [6, 6.07) is 0. The van der Waals surface area contributed by atoms with Gasteiger partial charge in [-0.1, -0.05) is 32.6 Å². The van der Waals surface area contributed by atoms with Crippen LogP contribution >= 0.6 is 0 Å². The van der Waals surface area contributed by atoms with Crippen LogP contribution < -0.4 is 0 Å². The van der Waals surface area contributed by atoms with Crippen LogP contribution in [0, 0.1) is 11.8 Å². The van der Waals surface area contributed by atoms with Crippen molar-refractivity contribution in [3.8, 4) is 11.8 Å². The lowest BCUT2D eigenvalue weighted by molar-refractivity contribution is 0.142. The first kappa shape index (κ1) is 14.7. The van der Waals surface area contributed by atoms with Crippen molar-refractivity contribution >= 4 is 8.32 Å². The van der Waals surface area contributed by atoms with E-state index in [9.17, 15) is 5.11 Å². The molecule has 0 amide bonds. The van der Waals surface area contributed by atoms with Gasteiger partial charge in [0, 0.05) is 0 Å². The van der Waals surface area contributed by atoms with E-state index in [0.717, 1.165) is 0 Å². The zero-order chi connectivity index (χ0) is 12.1. The third-order valence-electron chi connectivity index (χ3n) is 2.76. The maximum atomic E-state index is 9.42. The summed E-state index contributed by atoms with van der Waals surface area (Å²) in [6.45, 7) is 10.7. The summed E-state index contributed by atoms with van der Waals surface area (Å²) < 4.78 is 5.76. The number of aliphatic hydroxyl groups excluding tert-OH is 2. The molecular formula is C11H22O3Si. The summed E-state index contributed by atoms with van der Waals surface area (Å²) in [6.07, 6.45) is -0.800. The largest absolute Gasteiger partial charge is 0.413 e. The average molecular weight is 230 g/mol. The molecule has 1 unspecified atom stereocenters. The Hall–Kier alpha value is -0.343. The lowest BCUT2D eigenvalue weighted by Crippen LogP contribution is -2.42. The van der Waals surface area contributed by atoms with Crippen molar-refractivity contribution in [3.63, 3.8) is 0 Å². The van der Waals surface area contributed by atoms with Crippen molar-refractivity contribution in [2.45, 2.75) is 45.0 Å². The van der Waals surface area contributed by atoms with Gasteiger partial charge in [-0.25, -0.2) is 0 Å². The van der Waals surface area contributed by atoms with Crippen LogP contribution in [0.15, 0.2) is 0 Å². The normalized spacial score (nSPS) is 14.3. The van der Waals surface area contributed by atoms with E-state index in [-0.39, 0.29) is 18.3 Å². The third kappa shape index (κ3) is 5.33. The van der Waals surface area contributed by atoms with Crippen LogP contribution in [0.25, 0.3) is 0 Å². The lowest BCUT2D eigenvalue weighted by atomic mass is 10.2. The van der Waals surface area contributed by atoms with Crippen LogP contribution in [-0.4, -0.2) is 37.8 Å². The van der Waals surface area contributed by atoms with Gasteiger partial charge >= 0.3 is 0 Å². The highest BCUT2D eigenvalue weighted by Gasteiger charge is 2.37. The van der Waals surface area contributed by atoms with Gasteiger partial charge in [-0.2, -0.15) is 0 Å². The molecule has 88 valence electrons. The molecule has 0 aromatic rings. The molecule has 0 saturated carbocycles. The molecule has 0 aromatic carbocycles. The minimum absolute atomic E-state index is 0.136. The second kappa shape index (κ2) is 5.66. The molecule has 3 nitrogen and oxygen atoms in total. The lowest BCUT2D eigenvalue weighted by Gasteiger charge is -2.36. The molecule has 0 bridgehead atoms. The Balaban J connectivity index is 4.16. The topological polar surface area (TPSA) is 49.7 Å². The quantitative estimate of drug-likeness (QED) is 0.568. The first-order valence-electron chi connectivity index (χ1n) is 5.12. The zero-order valence-electron chi connectivity index (χ0n) is 10.3. The molecule has 0 aliphatic carbocycles. The van der Waals surface area contributed by atoms with E-state index in [0.29, 0.717) is 0 Å². The van der Waals surface area contributed by atoms with Crippen molar-refractivity contribution in [2.24, 2.45) is 0 Å². The molecular weight excluding hydrogens is 208 g/mol. The van der Waals surface area contributed by atoms with Gasteiger partial charge in [-0.15, -0.1) is 0 Å². The molecule has 1 atom stereocenters. The highest BCUT2D eigenvalue weighted by atomic mass is 28.4. The minimum atomic E-state index is -1.80. The van der Waals surface area contributed by atoms with Crippen LogP contribution in [-0.2, 0) is 4.43 Å². The van der Waals surface area contributed by atoms with Crippen LogP contribution in [0.1, 0.15) is 20.8 Å². The fraction of sp³-hybridized carbons (Fsp3) is 0.818. The molecule has 0 aliphatic rings. The molecule has 0 heterocycles. The fourth-order valence-electron chi connectivity index (χ4n) is 0.709. The SMILES string of the molecule is CC(C)(C)[Si](C)(C)OCC(O)C#CCO. The maximum absolute atomic E-state index is 9.42. The Morgan fingerprint density at radius 3 is 2.27 bits per heavy atom. The zero-order valence-corrected chi connectivity index (χ0v) is 11.3. The number of aliphatic hydroxyl groups is 2.